The Bertz CT molecular complexity index is 1150. The Hall–Kier alpha value is -2.15. The molecule has 1 aromatic rings. The Morgan fingerprint density at radius 3 is 2.10 bits per heavy atom. The van der Waals surface area contributed by atoms with E-state index in [1.165, 1.54) is 63.1 Å². The van der Waals surface area contributed by atoms with E-state index in [-0.39, 0.29) is 17.0 Å². The Kier molecular flexibility index (Phi) is 12.5. The van der Waals surface area contributed by atoms with Crippen molar-refractivity contribution in [1.29, 1.82) is 5.26 Å². The van der Waals surface area contributed by atoms with Crippen molar-refractivity contribution in [3.05, 3.63) is 31.9 Å². The van der Waals surface area contributed by atoms with E-state index in [1.807, 2.05) is 19.9 Å². The Morgan fingerprint density at radius 2 is 1.54 bits per heavy atom. The summed E-state index contributed by atoms with van der Waals surface area (Å²) in [6, 6.07) is 2.11. The van der Waals surface area contributed by atoms with Gasteiger partial charge >= 0.3 is 0 Å². The summed E-state index contributed by atoms with van der Waals surface area (Å²) >= 11 is 6.93. The molecule has 7 nitrogen and oxygen atoms in total. The fourth-order valence-electron chi connectivity index (χ4n) is 5.38. The van der Waals surface area contributed by atoms with Crippen LogP contribution in [0.4, 0.5) is 5.82 Å². The Morgan fingerprint density at radius 1 is 0.949 bits per heavy atom. The maximum absolute atomic E-state index is 13.4. The van der Waals surface area contributed by atoms with E-state index in [4.69, 9.17) is 12.2 Å². The number of amides is 1. The normalized spacial score (nSPS) is 17.5. The van der Waals surface area contributed by atoms with Crippen LogP contribution in [0.15, 0.2) is 9.70 Å². The average Bonchev–Trinajstić information content (AvgIpc) is 3.19. The van der Waals surface area contributed by atoms with Crippen LogP contribution in [-0.2, 0) is 11.3 Å². The first-order valence-electron chi connectivity index (χ1n) is 14.7. The molecule has 0 N–H and O–H groups in total. The van der Waals surface area contributed by atoms with Crippen molar-refractivity contribution in [3.63, 3.8) is 0 Å². The molecule has 9 heteroatoms. The van der Waals surface area contributed by atoms with Crippen LogP contribution >= 0.6 is 24.0 Å². The monoisotopic (exact) mass is 571 g/mol. The maximum atomic E-state index is 13.4. The summed E-state index contributed by atoms with van der Waals surface area (Å²) in [6.45, 7) is 10.4. The zero-order valence-corrected chi connectivity index (χ0v) is 25.9. The fraction of sp³-hybridized carbons (Fsp3) is 0.667. The highest BCUT2D eigenvalue weighted by Crippen LogP contribution is 2.36. The van der Waals surface area contributed by atoms with Crippen molar-refractivity contribution >= 4 is 46.1 Å². The SMILES string of the molecule is CCCCCCCCCCCCN1C(=O)C(=Cc2c(C)c(C#N)c(=O)n(CC)c2N2CCN(C)CC2)SC1=S. The van der Waals surface area contributed by atoms with Gasteiger partial charge in [0.25, 0.3) is 11.5 Å². The van der Waals surface area contributed by atoms with E-state index in [9.17, 15) is 14.9 Å². The zero-order valence-electron chi connectivity index (χ0n) is 24.3. The van der Waals surface area contributed by atoms with Crippen LogP contribution in [0.25, 0.3) is 6.08 Å². The van der Waals surface area contributed by atoms with Gasteiger partial charge in [-0.25, -0.2) is 0 Å². The summed E-state index contributed by atoms with van der Waals surface area (Å²) in [6.07, 6.45) is 14.3. The molecule has 1 aromatic heterocycles. The first-order valence-corrected chi connectivity index (χ1v) is 15.9. The van der Waals surface area contributed by atoms with Crippen LogP contribution < -0.4 is 10.5 Å². The highest BCUT2D eigenvalue weighted by Gasteiger charge is 2.33. The quantitative estimate of drug-likeness (QED) is 0.156. The molecule has 2 fully saturated rings. The van der Waals surface area contributed by atoms with Gasteiger partial charge in [0, 0.05) is 44.8 Å². The number of aromatic nitrogens is 1. The minimum atomic E-state index is -0.267. The minimum Gasteiger partial charge on any atom is -0.355 e. The molecule has 3 heterocycles. The molecule has 0 bridgehead atoms. The number of unbranched alkanes of at least 4 members (excludes halogenated alkanes) is 9. The van der Waals surface area contributed by atoms with Crippen molar-refractivity contribution in [2.75, 3.05) is 44.7 Å². The zero-order chi connectivity index (χ0) is 28.4. The second-order valence-electron chi connectivity index (χ2n) is 10.7. The predicted octanol–water partition coefficient (Wildman–Crippen LogP) is 5.92. The fourth-order valence-corrected chi connectivity index (χ4v) is 6.67. The summed E-state index contributed by atoms with van der Waals surface area (Å²) in [7, 11) is 2.09. The summed E-state index contributed by atoms with van der Waals surface area (Å²) < 4.78 is 2.28. The van der Waals surface area contributed by atoms with Crippen LogP contribution in [0.2, 0.25) is 0 Å². The summed E-state index contributed by atoms with van der Waals surface area (Å²) in [5.41, 5.74) is 1.27. The van der Waals surface area contributed by atoms with Crippen molar-refractivity contribution in [2.45, 2.75) is 91.5 Å². The number of nitrogens with zero attached hydrogens (tertiary/aromatic N) is 5. The van der Waals surface area contributed by atoms with E-state index >= 15 is 0 Å². The van der Waals surface area contributed by atoms with Gasteiger partial charge in [-0.3, -0.25) is 19.1 Å². The lowest BCUT2D eigenvalue weighted by Gasteiger charge is -2.36. The first-order chi connectivity index (χ1) is 18.8. The highest BCUT2D eigenvalue weighted by atomic mass is 32.2. The summed E-state index contributed by atoms with van der Waals surface area (Å²) in [5, 5.41) is 9.79. The van der Waals surface area contributed by atoms with Crippen molar-refractivity contribution in [3.8, 4) is 6.07 Å². The van der Waals surface area contributed by atoms with Crippen LogP contribution in [0.1, 0.15) is 94.7 Å². The molecule has 2 aliphatic heterocycles. The van der Waals surface area contributed by atoms with Gasteiger partial charge in [-0.2, -0.15) is 5.26 Å². The largest absolute Gasteiger partial charge is 0.355 e. The number of hydrogen-bond acceptors (Lipinski definition) is 7. The molecule has 0 aromatic carbocycles. The lowest BCUT2D eigenvalue weighted by molar-refractivity contribution is -0.122. The van der Waals surface area contributed by atoms with Gasteiger partial charge in [-0.1, -0.05) is 88.7 Å². The number of carbonyl (C=O) groups excluding carboxylic acids is 1. The number of rotatable bonds is 14. The third-order valence-electron chi connectivity index (χ3n) is 7.85. The topological polar surface area (TPSA) is 72.6 Å². The lowest BCUT2D eigenvalue weighted by atomic mass is 10.0. The third-order valence-corrected chi connectivity index (χ3v) is 9.23. The van der Waals surface area contributed by atoms with Gasteiger partial charge in [0.2, 0.25) is 0 Å². The molecule has 214 valence electrons. The molecule has 1 amide bonds. The molecular formula is C30H45N5O2S2. The van der Waals surface area contributed by atoms with E-state index < -0.39 is 0 Å². The van der Waals surface area contributed by atoms with Crippen LogP contribution in [0, 0.1) is 18.3 Å². The Balaban J connectivity index is 1.73. The predicted molar refractivity (Wildman–Crippen MR) is 167 cm³/mol. The van der Waals surface area contributed by atoms with Gasteiger partial charge < -0.3 is 9.80 Å². The van der Waals surface area contributed by atoms with Crippen molar-refractivity contribution in [2.24, 2.45) is 0 Å². The van der Waals surface area contributed by atoms with Crippen molar-refractivity contribution < 1.29 is 4.79 Å². The third kappa shape index (κ3) is 7.96. The van der Waals surface area contributed by atoms with Gasteiger partial charge in [0.15, 0.2) is 0 Å². The smallest absolute Gasteiger partial charge is 0.270 e. The van der Waals surface area contributed by atoms with E-state index in [1.54, 1.807) is 9.47 Å². The Labute approximate surface area is 244 Å². The van der Waals surface area contributed by atoms with Gasteiger partial charge in [-0.15, -0.1) is 0 Å². The van der Waals surface area contributed by atoms with E-state index in [0.29, 0.717) is 27.9 Å². The number of pyridine rings is 1. The number of thiocarbonyl (C=S) groups is 1. The first kappa shape index (κ1) is 31.4. The second kappa shape index (κ2) is 15.6. The number of likely N-dealkylation sites (N-methyl/N-ethyl adjacent to an activating group) is 1. The molecule has 2 saturated heterocycles. The van der Waals surface area contributed by atoms with E-state index in [0.717, 1.165) is 50.4 Å². The molecule has 2 aliphatic rings. The standard InChI is InChI=1S/C30H45N5O2S2/c1-5-7-8-9-10-11-12-13-14-15-16-35-29(37)26(39-30(35)38)21-24-23(3)25(22-31)28(36)34(6-2)27(24)33-19-17-32(4)18-20-33/h21H,5-20H2,1-4H3. The number of anilines is 1. The van der Waals surface area contributed by atoms with Crippen LogP contribution in [-0.4, -0.2) is 64.4 Å². The van der Waals surface area contributed by atoms with Crippen LogP contribution in [0.3, 0.4) is 0 Å². The van der Waals surface area contributed by atoms with E-state index in [2.05, 4.69) is 29.8 Å². The van der Waals surface area contributed by atoms with Gasteiger partial charge in [0.1, 0.15) is 21.8 Å². The summed E-state index contributed by atoms with van der Waals surface area (Å²) in [5.74, 6) is 0.726. The second-order valence-corrected chi connectivity index (χ2v) is 12.4. The number of thioether (sulfide) groups is 1. The number of nitriles is 1. The molecule has 0 radical (unpaired) electrons. The molecule has 39 heavy (non-hydrogen) atoms. The molecular weight excluding hydrogens is 526 g/mol. The molecule has 0 unspecified atom stereocenters. The minimum absolute atomic E-state index is 0.0718. The number of carbonyl (C=O) groups is 1. The number of piperazine rings is 1. The molecule has 3 rings (SSSR count). The van der Waals surface area contributed by atoms with Crippen LogP contribution in [0.5, 0.6) is 0 Å². The summed E-state index contributed by atoms with van der Waals surface area (Å²) in [4.78, 5) is 33.4. The molecule has 0 aliphatic carbocycles. The maximum Gasteiger partial charge on any atom is 0.270 e. The van der Waals surface area contributed by atoms with Crippen molar-refractivity contribution in [1.82, 2.24) is 14.4 Å². The highest BCUT2D eigenvalue weighted by molar-refractivity contribution is 8.26. The van der Waals surface area contributed by atoms with Gasteiger partial charge in [-0.05, 0) is 39.0 Å². The number of hydrogen-bond donors (Lipinski definition) is 0. The average molecular weight is 572 g/mol. The molecule has 0 spiro atoms. The molecule has 0 saturated carbocycles. The van der Waals surface area contributed by atoms with Gasteiger partial charge in [0.05, 0.1) is 4.91 Å². The lowest BCUT2D eigenvalue weighted by Crippen LogP contribution is -2.47. The molecule has 0 atom stereocenters.